The largest absolute Gasteiger partial charge is 0.420 e. The van der Waals surface area contributed by atoms with Gasteiger partial charge in [0.05, 0.1) is 18.1 Å². The Hall–Kier alpha value is -1.79. The van der Waals surface area contributed by atoms with Gasteiger partial charge in [-0.1, -0.05) is 11.6 Å². The van der Waals surface area contributed by atoms with Gasteiger partial charge in [-0.2, -0.15) is 0 Å². The van der Waals surface area contributed by atoms with Crippen molar-refractivity contribution in [1.82, 2.24) is 14.8 Å². The highest BCUT2D eigenvalue weighted by atomic mass is 35.5. The molecule has 1 aliphatic heterocycles. The second-order valence-electron chi connectivity index (χ2n) is 6.60. The van der Waals surface area contributed by atoms with E-state index >= 15 is 0 Å². The highest BCUT2D eigenvalue weighted by Crippen LogP contribution is 2.26. The molecule has 6 nitrogen and oxygen atoms in total. The molecule has 130 valence electrons. The molecule has 0 bridgehead atoms. The predicted molar refractivity (Wildman–Crippen MR) is 93.5 cm³/mol. The Morgan fingerprint density at radius 1 is 1.46 bits per heavy atom. The summed E-state index contributed by atoms with van der Waals surface area (Å²) in [6.45, 7) is 5.73. The second kappa shape index (κ2) is 6.99. The van der Waals surface area contributed by atoms with Crippen LogP contribution >= 0.6 is 11.6 Å². The minimum absolute atomic E-state index is 0.0121. The lowest BCUT2D eigenvalue weighted by molar-refractivity contribution is -0.123. The molecule has 1 N–H and O–H groups in total. The van der Waals surface area contributed by atoms with E-state index in [1.165, 1.54) is 0 Å². The van der Waals surface area contributed by atoms with Crippen LogP contribution < -0.4 is 11.1 Å². The standard InChI is InChI=1S/C17H22ClN3O3/c1-11(2)19-16(22)10-20-7-3-4-13(9-20)21-14-8-12(18)5-6-15(14)24-17(21)23/h5-6,8,11,13H,3-4,7,9-10H2,1-2H3,(H,19,22)/t13-/m0/s1. The number of carbonyl (C=O) groups excluding carboxylic acids is 1. The number of piperidine rings is 1. The molecule has 0 radical (unpaired) electrons. The van der Waals surface area contributed by atoms with Crippen LogP contribution in [0.25, 0.3) is 11.1 Å². The highest BCUT2D eigenvalue weighted by Gasteiger charge is 2.26. The first-order valence-electron chi connectivity index (χ1n) is 8.26. The van der Waals surface area contributed by atoms with Crippen molar-refractivity contribution in [1.29, 1.82) is 0 Å². The number of oxazole rings is 1. The van der Waals surface area contributed by atoms with Crippen LogP contribution in [-0.2, 0) is 4.79 Å². The van der Waals surface area contributed by atoms with Crippen molar-refractivity contribution in [2.75, 3.05) is 19.6 Å². The minimum Gasteiger partial charge on any atom is -0.408 e. The molecule has 0 unspecified atom stereocenters. The van der Waals surface area contributed by atoms with Crippen LogP contribution in [0.3, 0.4) is 0 Å². The molecular weight excluding hydrogens is 330 g/mol. The van der Waals surface area contributed by atoms with Crippen molar-refractivity contribution in [3.63, 3.8) is 0 Å². The second-order valence-corrected chi connectivity index (χ2v) is 7.04. The number of carbonyl (C=O) groups is 1. The van der Waals surface area contributed by atoms with Crippen LogP contribution in [0.2, 0.25) is 5.02 Å². The van der Waals surface area contributed by atoms with Crippen molar-refractivity contribution < 1.29 is 9.21 Å². The fourth-order valence-electron chi connectivity index (χ4n) is 3.31. The zero-order valence-corrected chi connectivity index (χ0v) is 14.7. The molecular formula is C17H22ClN3O3. The van der Waals surface area contributed by atoms with E-state index in [1.54, 1.807) is 22.8 Å². The van der Waals surface area contributed by atoms with E-state index in [2.05, 4.69) is 10.2 Å². The van der Waals surface area contributed by atoms with Gasteiger partial charge in [0.15, 0.2) is 5.58 Å². The summed E-state index contributed by atoms with van der Waals surface area (Å²) in [6.07, 6.45) is 1.81. The number of benzene rings is 1. The number of halogens is 1. The van der Waals surface area contributed by atoms with Crippen molar-refractivity contribution in [3.05, 3.63) is 33.8 Å². The SMILES string of the molecule is CC(C)NC(=O)CN1CCC[C@H](n2c(=O)oc3ccc(Cl)cc32)C1. The quantitative estimate of drug-likeness (QED) is 0.918. The Morgan fingerprint density at radius 2 is 2.25 bits per heavy atom. The number of nitrogens with zero attached hydrogens (tertiary/aromatic N) is 2. The van der Waals surface area contributed by atoms with E-state index < -0.39 is 0 Å². The van der Waals surface area contributed by atoms with Crippen LogP contribution in [0.5, 0.6) is 0 Å². The van der Waals surface area contributed by atoms with Gasteiger partial charge in [0.2, 0.25) is 5.91 Å². The molecule has 2 heterocycles. The third-order valence-electron chi connectivity index (χ3n) is 4.24. The molecule has 1 amide bonds. The topological polar surface area (TPSA) is 67.5 Å². The normalized spacial score (nSPS) is 19.1. The number of hydrogen-bond donors (Lipinski definition) is 1. The molecule has 0 spiro atoms. The average Bonchev–Trinajstić information content (AvgIpc) is 2.81. The van der Waals surface area contributed by atoms with Crippen LogP contribution in [0.15, 0.2) is 27.4 Å². The first kappa shape index (κ1) is 17.0. The molecule has 0 saturated carbocycles. The molecule has 1 atom stereocenters. The van der Waals surface area contributed by atoms with Crippen LogP contribution in [0, 0.1) is 0 Å². The van der Waals surface area contributed by atoms with Gasteiger partial charge >= 0.3 is 5.76 Å². The number of hydrogen-bond acceptors (Lipinski definition) is 4. The Labute approximate surface area is 145 Å². The molecule has 24 heavy (non-hydrogen) atoms. The predicted octanol–water partition coefficient (Wildman–Crippen LogP) is 2.41. The summed E-state index contributed by atoms with van der Waals surface area (Å²) in [6, 6.07) is 5.29. The fraction of sp³-hybridized carbons (Fsp3) is 0.529. The number of fused-ring (bicyclic) bond motifs is 1. The number of rotatable bonds is 4. The van der Waals surface area contributed by atoms with E-state index in [0.717, 1.165) is 19.4 Å². The molecule has 7 heteroatoms. The molecule has 0 aliphatic carbocycles. The number of likely N-dealkylation sites (tertiary alicyclic amines) is 1. The molecule has 1 aromatic carbocycles. The summed E-state index contributed by atoms with van der Waals surface area (Å²) in [5.41, 5.74) is 1.25. The maximum Gasteiger partial charge on any atom is 0.420 e. The van der Waals surface area contributed by atoms with Crippen molar-refractivity contribution in [3.8, 4) is 0 Å². The molecule has 1 saturated heterocycles. The van der Waals surface area contributed by atoms with Gasteiger partial charge < -0.3 is 9.73 Å². The monoisotopic (exact) mass is 351 g/mol. The van der Waals surface area contributed by atoms with E-state index in [-0.39, 0.29) is 23.7 Å². The maximum absolute atomic E-state index is 12.3. The summed E-state index contributed by atoms with van der Waals surface area (Å²) >= 11 is 6.06. The third-order valence-corrected chi connectivity index (χ3v) is 4.47. The van der Waals surface area contributed by atoms with Gasteiger partial charge in [0, 0.05) is 17.6 Å². The molecule has 1 aliphatic rings. The third kappa shape index (κ3) is 3.65. The van der Waals surface area contributed by atoms with E-state index in [0.29, 0.717) is 29.2 Å². The minimum atomic E-state index is -0.370. The smallest absolute Gasteiger partial charge is 0.408 e. The van der Waals surface area contributed by atoms with Gasteiger partial charge in [0.1, 0.15) is 0 Å². The summed E-state index contributed by atoms with van der Waals surface area (Å²) in [5.74, 6) is -0.358. The number of nitrogens with one attached hydrogen (secondary N) is 1. The highest BCUT2D eigenvalue weighted by molar-refractivity contribution is 6.31. The van der Waals surface area contributed by atoms with Crippen molar-refractivity contribution in [2.45, 2.75) is 38.8 Å². The zero-order valence-electron chi connectivity index (χ0n) is 13.9. The lowest BCUT2D eigenvalue weighted by Gasteiger charge is -2.32. The summed E-state index contributed by atoms with van der Waals surface area (Å²) in [7, 11) is 0. The van der Waals surface area contributed by atoms with E-state index in [1.807, 2.05) is 13.8 Å². The maximum atomic E-state index is 12.3. The fourth-order valence-corrected chi connectivity index (χ4v) is 3.47. The lowest BCUT2D eigenvalue weighted by atomic mass is 10.1. The van der Waals surface area contributed by atoms with Crippen molar-refractivity contribution >= 4 is 28.6 Å². The molecule has 3 rings (SSSR count). The lowest BCUT2D eigenvalue weighted by Crippen LogP contribution is -2.45. The summed E-state index contributed by atoms with van der Waals surface area (Å²) in [5, 5.41) is 3.47. The van der Waals surface area contributed by atoms with Crippen LogP contribution in [0.4, 0.5) is 0 Å². The molecule has 1 fully saturated rings. The van der Waals surface area contributed by atoms with E-state index in [4.69, 9.17) is 16.0 Å². The van der Waals surface area contributed by atoms with Crippen LogP contribution in [-0.4, -0.2) is 41.1 Å². The van der Waals surface area contributed by atoms with Crippen LogP contribution in [0.1, 0.15) is 32.7 Å². The number of amides is 1. The zero-order chi connectivity index (χ0) is 17.3. The van der Waals surface area contributed by atoms with Gasteiger partial charge in [-0.3, -0.25) is 14.3 Å². The Kier molecular flexibility index (Phi) is 4.96. The first-order valence-corrected chi connectivity index (χ1v) is 8.64. The van der Waals surface area contributed by atoms with E-state index in [9.17, 15) is 9.59 Å². The Balaban J connectivity index is 1.80. The molecule has 2 aromatic rings. The van der Waals surface area contributed by atoms with Gasteiger partial charge in [-0.15, -0.1) is 0 Å². The Morgan fingerprint density at radius 3 is 3.00 bits per heavy atom. The average molecular weight is 352 g/mol. The van der Waals surface area contributed by atoms with Gasteiger partial charge in [0.25, 0.3) is 0 Å². The summed E-state index contributed by atoms with van der Waals surface area (Å²) < 4.78 is 7.00. The van der Waals surface area contributed by atoms with Crippen molar-refractivity contribution in [2.24, 2.45) is 0 Å². The molecule has 1 aromatic heterocycles. The summed E-state index contributed by atoms with van der Waals surface area (Å²) in [4.78, 5) is 26.3. The van der Waals surface area contributed by atoms with Gasteiger partial charge in [-0.25, -0.2) is 4.79 Å². The van der Waals surface area contributed by atoms with Gasteiger partial charge in [-0.05, 0) is 51.4 Å². The number of aromatic nitrogens is 1. The Bertz CT molecular complexity index is 796. The first-order chi connectivity index (χ1) is 11.4.